The largest absolute Gasteiger partial charge is 0.443 e. The predicted octanol–water partition coefficient (Wildman–Crippen LogP) is 3.86. The lowest BCUT2D eigenvalue weighted by molar-refractivity contribution is -0.131. The van der Waals surface area contributed by atoms with Gasteiger partial charge in [-0.3, -0.25) is 4.90 Å². The number of rotatable bonds is 8. The number of nitrogens with zero attached hydrogens (tertiary/aromatic N) is 2. The first-order valence-electron chi connectivity index (χ1n) is 13.1. The Hall–Kier alpha value is -1.29. The van der Waals surface area contributed by atoms with Crippen molar-refractivity contribution in [3.05, 3.63) is 11.6 Å². The SMILES string of the molecule is CO[C@@H]1[C@H](OC(=O)N2CC[C@H](CCN3CC(F)(F)C3)C2)CC[C@]2(CO2)[C@H]1[C@@]1(C)O[C@@H]1CC=C(C)C. The fourth-order valence-electron chi connectivity index (χ4n) is 6.64. The van der Waals surface area contributed by atoms with Gasteiger partial charge in [-0.15, -0.1) is 0 Å². The molecule has 5 aliphatic rings. The molecule has 0 unspecified atom stereocenters. The number of alkyl halides is 2. The Bertz CT molecular complexity index is 838. The van der Waals surface area contributed by atoms with E-state index in [9.17, 15) is 13.6 Å². The molecule has 1 amide bonds. The molecule has 7 nitrogen and oxygen atoms in total. The Labute approximate surface area is 207 Å². The molecular formula is C26H40F2N2O5. The van der Waals surface area contributed by atoms with E-state index >= 15 is 0 Å². The highest BCUT2D eigenvalue weighted by atomic mass is 19.3. The number of hydrogen-bond donors (Lipinski definition) is 0. The number of halogens is 2. The van der Waals surface area contributed by atoms with Gasteiger partial charge in [-0.25, -0.2) is 13.6 Å². The molecule has 4 aliphatic heterocycles. The molecule has 198 valence electrons. The quantitative estimate of drug-likeness (QED) is 0.374. The molecule has 0 radical (unpaired) electrons. The lowest BCUT2D eigenvalue weighted by Crippen LogP contribution is -2.56. The Kier molecular flexibility index (Phi) is 6.69. The molecule has 0 bridgehead atoms. The maximum absolute atomic E-state index is 13.1. The van der Waals surface area contributed by atoms with Crippen LogP contribution in [0.1, 0.15) is 52.9 Å². The van der Waals surface area contributed by atoms with Crippen molar-refractivity contribution in [2.45, 2.75) is 88.3 Å². The molecule has 9 heteroatoms. The number of likely N-dealkylation sites (tertiary alicyclic amines) is 2. The molecule has 5 fully saturated rings. The van der Waals surface area contributed by atoms with Gasteiger partial charge in [0.1, 0.15) is 23.4 Å². The Balaban J connectivity index is 1.16. The fourth-order valence-corrected chi connectivity index (χ4v) is 6.64. The topological polar surface area (TPSA) is 67.1 Å². The summed E-state index contributed by atoms with van der Waals surface area (Å²) in [4.78, 5) is 16.6. The third kappa shape index (κ3) is 5.11. The van der Waals surface area contributed by atoms with Crippen LogP contribution in [0.3, 0.4) is 0 Å². The molecule has 5 rings (SSSR count). The van der Waals surface area contributed by atoms with Gasteiger partial charge in [-0.1, -0.05) is 11.6 Å². The van der Waals surface area contributed by atoms with Crippen LogP contribution in [0.25, 0.3) is 0 Å². The van der Waals surface area contributed by atoms with Crippen molar-refractivity contribution in [1.82, 2.24) is 9.80 Å². The van der Waals surface area contributed by atoms with Gasteiger partial charge in [0.15, 0.2) is 0 Å². The van der Waals surface area contributed by atoms with Crippen molar-refractivity contribution in [2.24, 2.45) is 11.8 Å². The zero-order valence-corrected chi connectivity index (χ0v) is 21.4. The predicted molar refractivity (Wildman–Crippen MR) is 125 cm³/mol. The first-order chi connectivity index (χ1) is 16.6. The van der Waals surface area contributed by atoms with Gasteiger partial charge >= 0.3 is 6.09 Å². The van der Waals surface area contributed by atoms with Crippen molar-refractivity contribution < 1.29 is 32.5 Å². The van der Waals surface area contributed by atoms with Crippen LogP contribution in [-0.4, -0.2) is 97.8 Å². The highest BCUT2D eigenvalue weighted by molar-refractivity contribution is 5.68. The summed E-state index contributed by atoms with van der Waals surface area (Å²) in [6.45, 7) is 8.65. The Morgan fingerprint density at radius 1 is 1.23 bits per heavy atom. The number of epoxide rings is 2. The molecule has 4 heterocycles. The maximum atomic E-state index is 13.1. The van der Waals surface area contributed by atoms with Crippen LogP contribution in [0.2, 0.25) is 0 Å². The summed E-state index contributed by atoms with van der Waals surface area (Å²) in [5.41, 5.74) is 0.663. The monoisotopic (exact) mass is 498 g/mol. The first kappa shape index (κ1) is 25.4. The molecule has 0 aromatic carbocycles. The number of allylic oxidation sites excluding steroid dienone is 1. The average Bonchev–Trinajstić information content (AvgIpc) is 3.63. The van der Waals surface area contributed by atoms with E-state index in [0.29, 0.717) is 38.6 Å². The van der Waals surface area contributed by atoms with Crippen molar-refractivity contribution in [3.63, 3.8) is 0 Å². The number of amides is 1. The molecule has 0 N–H and O–H groups in total. The van der Waals surface area contributed by atoms with Crippen LogP contribution in [0, 0.1) is 11.8 Å². The number of methoxy groups -OCH3 is 1. The molecule has 1 saturated carbocycles. The van der Waals surface area contributed by atoms with Gasteiger partial charge in [0.05, 0.1) is 31.7 Å². The molecule has 1 aliphatic carbocycles. The summed E-state index contributed by atoms with van der Waals surface area (Å²) >= 11 is 0. The summed E-state index contributed by atoms with van der Waals surface area (Å²) in [6, 6.07) is 0. The van der Waals surface area contributed by atoms with E-state index in [1.807, 2.05) is 0 Å². The number of carbonyl (C=O) groups is 1. The Morgan fingerprint density at radius 3 is 2.60 bits per heavy atom. The molecule has 1 spiro atoms. The first-order valence-corrected chi connectivity index (χ1v) is 13.1. The van der Waals surface area contributed by atoms with E-state index in [1.165, 1.54) is 5.57 Å². The lowest BCUT2D eigenvalue weighted by atomic mass is 9.68. The summed E-state index contributed by atoms with van der Waals surface area (Å²) < 4.78 is 50.3. The molecular weight excluding hydrogens is 458 g/mol. The van der Waals surface area contributed by atoms with Crippen LogP contribution in [-0.2, 0) is 18.9 Å². The minimum Gasteiger partial charge on any atom is -0.443 e. The van der Waals surface area contributed by atoms with E-state index in [1.54, 1.807) is 16.9 Å². The highest BCUT2D eigenvalue weighted by Gasteiger charge is 2.72. The van der Waals surface area contributed by atoms with Crippen molar-refractivity contribution >= 4 is 6.09 Å². The van der Waals surface area contributed by atoms with E-state index in [4.69, 9.17) is 18.9 Å². The number of hydrogen-bond acceptors (Lipinski definition) is 6. The van der Waals surface area contributed by atoms with Crippen molar-refractivity contribution in [2.75, 3.05) is 46.4 Å². The molecule has 7 atom stereocenters. The summed E-state index contributed by atoms with van der Waals surface area (Å²) in [7, 11) is 1.68. The van der Waals surface area contributed by atoms with E-state index < -0.39 is 5.92 Å². The fraction of sp³-hybridized carbons (Fsp3) is 0.885. The average molecular weight is 499 g/mol. The van der Waals surface area contributed by atoms with Crippen LogP contribution < -0.4 is 0 Å². The van der Waals surface area contributed by atoms with Gasteiger partial charge < -0.3 is 23.8 Å². The van der Waals surface area contributed by atoms with E-state index in [-0.39, 0.29) is 54.6 Å². The van der Waals surface area contributed by atoms with Gasteiger partial charge in [0.2, 0.25) is 0 Å². The standard InChI is InChI=1S/C26H40F2N2O5/c1-17(2)5-6-20-24(3,35-20)22-21(32-4)19(7-10-25(22)16-33-25)34-23(31)30-12-9-18(13-30)8-11-29-14-26(27,28)15-29/h5,18-22H,6-16H2,1-4H3/t18-,19+,20+,21+,22+,24-,25-/m0/s1. The Morgan fingerprint density at radius 2 is 1.97 bits per heavy atom. The molecule has 0 aromatic rings. The maximum Gasteiger partial charge on any atom is 0.410 e. The number of ether oxygens (including phenoxy) is 4. The molecule has 4 saturated heterocycles. The second-order valence-electron chi connectivity index (χ2n) is 11.8. The third-order valence-corrected chi connectivity index (χ3v) is 8.80. The zero-order valence-electron chi connectivity index (χ0n) is 21.4. The lowest BCUT2D eigenvalue weighted by Gasteiger charge is -2.43. The normalized spacial score (nSPS) is 42.0. The second kappa shape index (κ2) is 9.23. The van der Waals surface area contributed by atoms with Crippen LogP contribution >= 0.6 is 0 Å². The summed E-state index contributed by atoms with van der Waals surface area (Å²) in [5, 5.41) is 0. The van der Waals surface area contributed by atoms with Crippen LogP contribution in [0.5, 0.6) is 0 Å². The number of carbonyl (C=O) groups excluding carboxylic acids is 1. The van der Waals surface area contributed by atoms with Crippen LogP contribution in [0.4, 0.5) is 13.6 Å². The van der Waals surface area contributed by atoms with Crippen molar-refractivity contribution in [3.8, 4) is 0 Å². The van der Waals surface area contributed by atoms with Gasteiger partial charge in [-0.2, -0.15) is 0 Å². The van der Waals surface area contributed by atoms with Gasteiger partial charge in [0.25, 0.3) is 5.92 Å². The van der Waals surface area contributed by atoms with Gasteiger partial charge in [-0.05, 0) is 65.3 Å². The molecule has 0 aromatic heterocycles. The van der Waals surface area contributed by atoms with Crippen LogP contribution in [0.15, 0.2) is 11.6 Å². The van der Waals surface area contributed by atoms with Crippen molar-refractivity contribution in [1.29, 1.82) is 0 Å². The zero-order chi connectivity index (χ0) is 25.0. The molecule has 35 heavy (non-hydrogen) atoms. The van der Waals surface area contributed by atoms with Gasteiger partial charge in [0, 0.05) is 20.2 Å². The minimum absolute atomic E-state index is 0.00286. The second-order valence-corrected chi connectivity index (χ2v) is 11.8. The van der Waals surface area contributed by atoms with E-state index in [2.05, 4.69) is 26.8 Å². The smallest absolute Gasteiger partial charge is 0.410 e. The minimum atomic E-state index is -2.53. The van der Waals surface area contributed by atoms with E-state index in [0.717, 1.165) is 25.7 Å². The third-order valence-electron chi connectivity index (χ3n) is 8.80. The summed E-state index contributed by atoms with van der Waals surface area (Å²) in [5.74, 6) is -2.20. The highest BCUT2D eigenvalue weighted by Crippen LogP contribution is 2.59. The summed E-state index contributed by atoms with van der Waals surface area (Å²) in [6.07, 6.45) is 5.48.